The van der Waals surface area contributed by atoms with E-state index >= 15 is 0 Å². The highest BCUT2D eigenvalue weighted by atomic mass is 16.5. The van der Waals surface area contributed by atoms with Crippen LogP contribution in [-0.4, -0.2) is 76.2 Å². The lowest BCUT2D eigenvalue weighted by atomic mass is 10.4. The Morgan fingerprint density at radius 3 is 1.27 bits per heavy atom. The van der Waals surface area contributed by atoms with Gasteiger partial charge in [0.25, 0.3) is 0 Å². The van der Waals surface area contributed by atoms with Gasteiger partial charge in [0.15, 0.2) is 6.29 Å². The Kier molecular flexibility index (Phi) is 15.7. The standard InChI is InChI=1S/C6H15NO3.C3H8O2/c8-4-1-7(2-5-9)3-6-10;1-2-3(4)5/h8-10H,1-6H2;3-5H,2H2,1H3. The highest BCUT2D eigenvalue weighted by Crippen LogP contribution is 1.84. The third-order valence-electron chi connectivity index (χ3n) is 1.61. The van der Waals surface area contributed by atoms with Crippen molar-refractivity contribution >= 4 is 0 Å². The summed E-state index contributed by atoms with van der Waals surface area (Å²) in [6.07, 6.45) is -0.699. The van der Waals surface area contributed by atoms with Crippen LogP contribution in [0.4, 0.5) is 0 Å². The van der Waals surface area contributed by atoms with E-state index in [2.05, 4.69) is 0 Å². The molecular weight excluding hydrogens is 202 g/mol. The molecule has 0 aliphatic carbocycles. The summed E-state index contributed by atoms with van der Waals surface area (Å²) in [5.74, 6) is 0. The van der Waals surface area contributed by atoms with Crippen LogP contribution in [0.3, 0.4) is 0 Å². The molecule has 94 valence electrons. The topological polar surface area (TPSA) is 104 Å². The Hall–Kier alpha value is -0.240. The fourth-order valence-electron chi connectivity index (χ4n) is 0.760. The van der Waals surface area contributed by atoms with E-state index in [4.69, 9.17) is 25.5 Å². The molecule has 0 spiro atoms. The Bertz CT molecular complexity index is 98.4. The van der Waals surface area contributed by atoms with Crippen LogP contribution in [0.1, 0.15) is 13.3 Å². The monoisotopic (exact) mass is 225 g/mol. The number of aliphatic hydroxyl groups excluding tert-OH is 4. The summed E-state index contributed by atoms with van der Waals surface area (Å²) in [6, 6.07) is 0. The van der Waals surface area contributed by atoms with Gasteiger partial charge in [0.2, 0.25) is 0 Å². The fourth-order valence-corrected chi connectivity index (χ4v) is 0.760. The molecule has 0 aromatic heterocycles. The molecule has 0 rings (SSSR count). The van der Waals surface area contributed by atoms with E-state index in [9.17, 15) is 0 Å². The summed E-state index contributed by atoms with van der Waals surface area (Å²) in [4.78, 5) is 1.79. The summed E-state index contributed by atoms with van der Waals surface area (Å²) >= 11 is 0. The summed E-state index contributed by atoms with van der Waals surface area (Å²) < 4.78 is 0. The molecule has 6 nitrogen and oxygen atoms in total. The van der Waals surface area contributed by atoms with Crippen molar-refractivity contribution in [2.24, 2.45) is 0 Å². The Morgan fingerprint density at radius 1 is 0.867 bits per heavy atom. The van der Waals surface area contributed by atoms with Gasteiger partial charge in [-0.2, -0.15) is 0 Å². The second-order valence-corrected chi connectivity index (χ2v) is 2.90. The smallest absolute Gasteiger partial charge is 0.151 e. The Balaban J connectivity index is 0. The van der Waals surface area contributed by atoms with Crippen molar-refractivity contribution in [3.05, 3.63) is 0 Å². The first-order valence-electron chi connectivity index (χ1n) is 5.03. The maximum atomic E-state index is 8.48. The molecule has 0 atom stereocenters. The van der Waals surface area contributed by atoms with Gasteiger partial charge in [0.1, 0.15) is 0 Å². The molecule has 0 unspecified atom stereocenters. The maximum absolute atomic E-state index is 8.48. The van der Waals surface area contributed by atoms with E-state index in [0.29, 0.717) is 26.1 Å². The zero-order valence-electron chi connectivity index (χ0n) is 9.21. The van der Waals surface area contributed by atoms with E-state index in [1.807, 2.05) is 0 Å². The fraction of sp³-hybridized carbons (Fsp3) is 1.00. The highest BCUT2D eigenvalue weighted by Gasteiger charge is 2.00. The molecule has 0 aromatic carbocycles. The molecule has 0 aliphatic heterocycles. The normalized spacial score (nSPS) is 10.4. The minimum absolute atomic E-state index is 0.0694. The van der Waals surface area contributed by atoms with Gasteiger partial charge in [-0.15, -0.1) is 0 Å². The number of rotatable bonds is 7. The van der Waals surface area contributed by atoms with Crippen molar-refractivity contribution < 1.29 is 25.5 Å². The molecular formula is C9H23NO5. The van der Waals surface area contributed by atoms with E-state index < -0.39 is 6.29 Å². The predicted molar refractivity (Wildman–Crippen MR) is 56.2 cm³/mol. The van der Waals surface area contributed by atoms with Gasteiger partial charge >= 0.3 is 0 Å². The average molecular weight is 225 g/mol. The lowest BCUT2D eigenvalue weighted by molar-refractivity contribution is -0.0413. The molecule has 0 aromatic rings. The second kappa shape index (κ2) is 13.8. The first kappa shape index (κ1) is 17.2. The molecule has 6 heteroatoms. The first-order chi connectivity index (χ1) is 7.12. The van der Waals surface area contributed by atoms with Crippen LogP contribution in [0.5, 0.6) is 0 Å². The highest BCUT2D eigenvalue weighted by molar-refractivity contribution is 4.54. The van der Waals surface area contributed by atoms with Crippen molar-refractivity contribution in [2.75, 3.05) is 39.5 Å². The van der Waals surface area contributed by atoms with Crippen LogP contribution in [-0.2, 0) is 0 Å². The molecule has 0 saturated heterocycles. The largest absolute Gasteiger partial charge is 0.395 e. The zero-order valence-corrected chi connectivity index (χ0v) is 9.21. The van der Waals surface area contributed by atoms with Crippen molar-refractivity contribution in [3.63, 3.8) is 0 Å². The van der Waals surface area contributed by atoms with Crippen molar-refractivity contribution in [3.8, 4) is 0 Å². The Morgan fingerprint density at radius 2 is 1.13 bits per heavy atom. The number of hydrogen-bond acceptors (Lipinski definition) is 6. The minimum Gasteiger partial charge on any atom is -0.395 e. The van der Waals surface area contributed by atoms with Gasteiger partial charge in [-0.3, -0.25) is 4.90 Å². The van der Waals surface area contributed by atoms with Crippen molar-refractivity contribution in [2.45, 2.75) is 19.6 Å². The lowest BCUT2D eigenvalue weighted by Crippen LogP contribution is -2.32. The zero-order chi connectivity index (χ0) is 12.1. The molecule has 0 amide bonds. The van der Waals surface area contributed by atoms with Gasteiger partial charge in [0.05, 0.1) is 19.8 Å². The maximum Gasteiger partial charge on any atom is 0.151 e. The third-order valence-corrected chi connectivity index (χ3v) is 1.61. The van der Waals surface area contributed by atoms with E-state index in [0.717, 1.165) is 0 Å². The van der Waals surface area contributed by atoms with Crippen molar-refractivity contribution in [1.82, 2.24) is 4.90 Å². The summed E-state index contributed by atoms with van der Waals surface area (Å²) in [6.45, 7) is 3.45. The molecule has 0 fully saturated rings. The predicted octanol–water partition coefficient (Wildman–Crippen LogP) is -2.03. The van der Waals surface area contributed by atoms with Crippen LogP contribution in [0.25, 0.3) is 0 Å². The van der Waals surface area contributed by atoms with Gasteiger partial charge in [-0.25, -0.2) is 0 Å². The lowest BCUT2D eigenvalue weighted by Gasteiger charge is -2.17. The average Bonchev–Trinajstić information content (AvgIpc) is 2.20. The number of aliphatic hydroxyl groups is 5. The van der Waals surface area contributed by atoms with Gasteiger partial charge in [-0.1, -0.05) is 6.92 Å². The summed E-state index contributed by atoms with van der Waals surface area (Å²) in [5, 5.41) is 41.3. The van der Waals surface area contributed by atoms with Crippen molar-refractivity contribution in [1.29, 1.82) is 0 Å². The van der Waals surface area contributed by atoms with Crippen LogP contribution < -0.4 is 0 Å². The van der Waals surface area contributed by atoms with Gasteiger partial charge in [-0.05, 0) is 6.42 Å². The third kappa shape index (κ3) is 16.4. The summed E-state index contributed by atoms with van der Waals surface area (Å²) in [5.41, 5.74) is 0. The molecule has 0 radical (unpaired) electrons. The molecule has 0 saturated carbocycles. The van der Waals surface area contributed by atoms with Crippen LogP contribution in [0.15, 0.2) is 0 Å². The second-order valence-electron chi connectivity index (χ2n) is 2.90. The van der Waals surface area contributed by atoms with E-state index in [1.54, 1.807) is 11.8 Å². The van der Waals surface area contributed by atoms with Crippen LogP contribution >= 0.6 is 0 Å². The Labute approximate surface area is 90.4 Å². The molecule has 0 aliphatic rings. The number of nitrogens with zero attached hydrogens (tertiary/aromatic N) is 1. The SMILES string of the molecule is CCC(O)O.OCCN(CCO)CCO. The van der Waals surface area contributed by atoms with Crippen LogP contribution in [0.2, 0.25) is 0 Å². The van der Waals surface area contributed by atoms with E-state index in [1.165, 1.54) is 0 Å². The molecule has 0 heterocycles. The molecule has 0 bridgehead atoms. The van der Waals surface area contributed by atoms with E-state index in [-0.39, 0.29) is 19.8 Å². The number of hydrogen-bond donors (Lipinski definition) is 5. The minimum atomic E-state index is -1.12. The molecule has 15 heavy (non-hydrogen) atoms. The van der Waals surface area contributed by atoms with Crippen LogP contribution in [0, 0.1) is 0 Å². The molecule has 5 N–H and O–H groups in total. The quantitative estimate of drug-likeness (QED) is 0.320. The first-order valence-corrected chi connectivity index (χ1v) is 5.03. The summed E-state index contributed by atoms with van der Waals surface area (Å²) in [7, 11) is 0. The van der Waals surface area contributed by atoms with Gasteiger partial charge in [0, 0.05) is 19.6 Å². The van der Waals surface area contributed by atoms with Gasteiger partial charge < -0.3 is 25.5 Å².